The van der Waals surface area contributed by atoms with E-state index in [2.05, 4.69) is 30.7 Å². The first-order valence-corrected chi connectivity index (χ1v) is 11.8. The van der Waals surface area contributed by atoms with Gasteiger partial charge in [-0.3, -0.25) is 0 Å². The van der Waals surface area contributed by atoms with E-state index in [1.54, 1.807) is 19.4 Å². The summed E-state index contributed by atoms with van der Waals surface area (Å²) in [4.78, 5) is 27.0. The van der Waals surface area contributed by atoms with Gasteiger partial charge in [-0.1, -0.05) is 20.8 Å². The van der Waals surface area contributed by atoms with E-state index >= 15 is 0 Å². The maximum atomic E-state index is 13.1. The van der Waals surface area contributed by atoms with Crippen molar-refractivity contribution in [3.05, 3.63) is 46.4 Å². The maximum Gasteiger partial charge on any atom is 0.347 e. The molecule has 5 rings (SSSR count). The van der Waals surface area contributed by atoms with Gasteiger partial charge in [-0.25, -0.2) is 14.8 Å². The SMILES string of the molecule is CCc1cc(OC)cc2nc(-c3cccnc3N3CC4(C)CN(C)CC(C)(C3)C4O)oc(=O)c12. The number of hydrogen-bond acceptors (Lipinski definition) is 8. The van der Waals surface area contributed by atoms with Crippen molar-refractivity contribution in [3.63, 3.8) is 0 Å². The average molecular weight is 465 g/mol. The van der Waals surface area contributed by atoms with Gasteiger partial charge in [0.1, 0.15) is 11.6 Å². The Morgan fingerprint density at radius 3 is 2.56 bits per heavy atom. The summed E-state index contributed by atoms with van der Waals surface area (Å²) in [7, 11) is 3.71. The number of ether oxygens (including phenoxy) is 1. The van der Waals surface area contributed by atoms with Gasteiger partial charge in [-0.05, 0) is 37.2 Å². The number of methoxy groups -OCH3 is 1. The van der Waals surface area contributed by atoms with E-state index in [4.69, 9.17) is 19.1 Å². The van der Waals surface area contributed by atoms with Gasteiger partial charge in [-0.2, -0.15) is 0 Å². The number of benzene rings is 1. The molecule has 2 bridgehead atoms. The highest BCUT2D eigenvalue weighted by Gasteiger charge is 2.55. The first kappa shape index (κ1) is 22.8. The molecule has 1 N–H and O–H groups in total. The summed E-state index contributed by atoms with van der Waals surface area (Å²) >= 11 is 0. The number of rotatable bonds is 4. The lowest BCUT2D eigenvalue weighted by molar-refractivity contribution is -0.127. The first-order chi connectivity index (χ1) is 16.2. The molecule has 2 saturated heterocycles. The number of likely N-dealkylation sites (tertiary alicyclic amines) is 1. The van der Waals surface area contributed by atoms with Crippen molar-refractivity contribution in [2.45, 2.75) is 33.3 Å². The third-order valence-electron chi connectivity index (χ3n) is 7.41. The largest absolute Gasteiger partial charge is 0.497 e. The summed E-state index contributed by atoms with van der Waals surface area (Å²) in [6.07, 6.45) is 2.00. The van der Waals surface area contributed by atoms with Crippen molar-refractivity contribution < 1.29 is 14.3 Å². The second kappa shape index (κ2) is 8.06. The zero-order chi connectivity index (χ0) is 24.3. The van der Waals surface area contributed by atoms with Crippen LogP contribution in [0.1, 0.15) is 26.3 Å². The number of pyridine rings is 1. The number of nitrogens with zero attached hydrogens (tertiary/aromatic N) is 4. The van der Waals surface area contributed by atoms with Crippen LogP contribution in [0.5, 0.6) is 5.75 Å². The van der Waals surface area contributed by atoms with Crippen molar-refractivity contribution >= 4 is 16.7 Å². The summed E-state index contributed by atoms with van der Waals surface area (Å²) < 4.78 is 11.2. The lowest BCUT2D eigenvalue weighted by atomic mass is 9.63. The fraction of sp³-hybridized carbons (Fsp3) is 0.500. The lowest BCUT2D eigenvalue weighted by Gasteiger charge is -2.59. The Kier molecular flexibility index (Phi) is 5.41. The zero-order valence-electron chi connectivity index (χ0n) is 20.5. The molecule has 2 aromatic heterocycles. The van der Waals surface area contributed by atoms with Crippen molar-refractivity contribution in [3.8, 4) is 17.2 Å². The van der Waals surface area contributed by atoms with Gasteiger partial charge < -0.3 is 24.1 Å². The smallest absolute Gasteiger partial charge is 0.347 e. The molecule has 2 atom stereocenters. The van der Waals surface area contributed by atoms with Crippen LogP contribution in [-0.4, -0.2) is 66.4 Å². The molecule has 0 amide bonds. The number of aryl methyl sites for hydroxylation is 1. The molecule has 2 aliphatic heterocycles. The third kappa shape index (κ3) is 3.56. The molecule has 2 fully saturated rings. The molecule has 4 heterocycles. The van der Waals surface area contributed by atoms with Crippen LogP contribution in [0.25, 0.3) is 22.4 Å². The molecule has 180 valence electrons. The van der Waals surface area contributed by atoms with E-state index in [0.717, 1.165) is 18.7 Å². The van der Waals surface area contributed by atoms with Crippen molar-refractivity contribution in [2.75, 3.05) is 45.2 Å². The molecule has 0 spiro atoms. The first-order valence-electron chi connectivity index (χ1n) is 11.8. The highest BCUT2D eigenvalue weighted by molar-refractivity contribution is 5.84. The summed E-state index contributed by atoms with van der Waals surface area (Å²) in [5, 5.41) is 11.7. The van der Waals surface area contributed by atoms with Crippen LogP contribution in [0, 0.1) is 10.8 Å². The molecule has 1 aromatic carbocycles. The molecule has 2 aliphatic rings. The molecule has 0 aliphatic carbocycles. The van der Waals surface area contributed by atoms with Crippen LogP contribution >= 0.6 is 0 Å². The Morgan fingerprint density at radius 2 is 1.91 bits per heavy atom. The summed E-state index contributed by atoms with van der Waals surface area (Å²) in [6, 6.07) is 7.33. The van der Waals surface area contributed by atoms with Gasteiger partial charge in [0.05, 0.1) is 29.7 Å². The Labute approximate surface area is 199 Å². The topological polar surface area (TPSA) is 91.9 Å². The number of piperidine rings is 2. The normalized spacial score (nSPS) is 27.2. The third-order valence-corrected chi connectivity index (χ3v) is 7.41. The number of fused-ring (bicyclic) bond motifs is 3. The van der Waals surface area contributed by atoms with E-state index in [0.29, 0.717) is 47.5 Å². The fourth-order valence-electron chi connectivity index (χ4n) is 6.23. The molecule has 0 radical (unpaired) electrons. The number of aromatic nitrogens is 2. The minimum atomic E-state index is -0.416. The highest BCUT2D eigenvalue weighted by atomic mass is 16.5. The van der Waals surface area contributed by atoms with E-state index in [1.807, 2.05) is 25.1 Å². The Hall–Kier alpha value is -2.97. The summed E-state index contributed by atoms with van der Waals surface area (Å²) in [5.41, 5.74) is 1.02. The van der Waals surface area contributed by atoms with E-state index < -0.39 is 11.7 Å². The van der Waals surface area contributed by atoms with Crippen molar-refractivity contribution in [1.82, 2.24) is 14.9 Å². The molecule has 3 aromatic rings. The van der Waals surface area contributed by atoms with Crippen LogP contribution in [0.4, 0.5) is 5.82 Å². The molecule has 8 heteroatoms. The second-order valence-corrected chi connectivity index (χ2v) is 10.5. The van der Waals surface area contributed by atoms with Gasteiger partial charge in [0.25, 0.3) is 0 Å². The van der Waals surface area contributed by atoms with Crippen LogP contribution in [0.2, 0.25) is 0 Å². The average Bonchev–Trinajstić information content (AvgIpc) is 2.80. The minimum Gasteiger partial charge on any atom is -0.497 e. The van der Waals surface area contributed by atoms with E-state index in [-0.39, 0.29) is 16.7 Å². The number of anilines is 1. The zero-order valence-corrected chi connectivity index (χ0v) is 20.5. The van der Waals surface area contributed by atoms with Gasteiger partial charge in [0.15, 0.2) is 0 Å². The molecule has 0 saturated carbocycles. The standard InChI is InChI=1S/C26H32N4O4/c1-6-16-10-17(33-5)11-19-20(16)23(31)34-22(28-19)18-8-7-9-27-21(18)30-14-25(2)12-29(4)13-26(3,15-30)24(25)32/h7-11,24,32H,6,12-15H2,1-5H3. The second-order valence-electron chi connectivity index (χ2n) is 10.5. The van der Waals surface area contributed by atoms with Gasteiger partial charge in [-0.15, -0.1) is 0 Å². The molecular weight excluding hydrogens is 432 g/mol. The molecular formula is C26H32N4O4. The summed E-state index contributed by atoms with van der Waals surface area (Å²) in [5.74, 6) is 1.60. The van der Waals surface area contributed by atoms with Crippen LogP contribution < -0.4 is 15.3 Å². The van der Waals surface area contributed by atoms with Gasteiger partial charge in [0.2, 0.25) is 5.89 Å². The van der Waals surface area contributed by atoms with Gasteiger partial charge in [0, 0.05) is 49.3 Å². The van der Waals surface area contributed by atoms with Crippen molar-refractivity contribution in [2.24, 2.45) is 10.8 Å². The molecule has 8 nitrogen and oxygen atoms in total. The fourth-order valence-corrected chi connectivity index (χ4v) is 6.23. The Morgan fingerprint density at radius 1 is 1.21 bits per heavy atom. The quantitative estimate of drug-likeness (QED) is 0.630. The number of aliphatic hydroxyl groups is 1. The highest BCUT2D eigenvalue weighted by Crippen LogP contribution is 2.47. The maximum absolute atomic E-state index is 13.1. The van der Waals surface area contributed by atoms with Crippen LogP contribution in [0.15, 0.2) is 39.7 Å². The number of aliphatic hydroxyl groups excluding tert-OH is 1. The van der Waals surface area contributed by atoms with E-state index in [1.165, 1.54) is 0 Å². The Balaban J connectivity index is 1.63. The van der Waals surface area contributed by atoms with E-state index in [9.17, 15) is 9.90 Å². The number of hydrogen-bond donors (Lipinski definition) is 1. The summed E-state index contributed by atoms with van der Waals surface area (Å²) in [6.45, 7) is 9.13. The molecule has 2 unspecified atom stereocenters. The van der Waals surface area contributed by atoms with Crippen LogP contribution in [0.3, 0.4) is 0 Å². The predicted octanol–water partition coefficient (Wildman–Crippen LogP) is 2.96. The monoisotopic (exact) mass is 464 g/mol. The van der Waals surface area contributed by atoms with Crippen molar-refractivity contribution in [1.29, 1.82) is 0 Å². The predicted molar refractivity (Wildman–Crippen MR) is 131 cm³/mol. The van der Waals surface area contributed by atoms with Gasteiger partial charge >= 0.3 is 5.63 Å². The lowest BCUT2D eigenvalue weighted by Crippen LogP contribution is -2.69. The minimum absolute atomic E-state index is 0.236. The molecule has 34 heavy (non-hydrogen) atoms. The van der Waals surface area contributed by atoms with Crippen LogP contribution in [-0.2, 0) is 6.42 Å². The Bertz CT molecular complexity index is 1290.